The summed E-state index contributed by atoms with van der Waals surface area (Å²) in [6, 6.07) is 15.6. The molecule has 20 heteroatoms. The third kappa shape index (κ3) is 10.4. The molecule has 1 fully saturated rings. The number of hydrogen-bond acceptors (Lipinski definition) is 10. The normalized spacial score (nSPS) is 13.0. The van der Waals surface area contributed by atoms with Crippen molar-refractivity contribution in [3.8, 4) is 16.8 Å². The van der Waals surface area contributed by atoms with Crippen LogP contribution in [0, 0.1) is 6.92 Å². The fourth-order valence-corrected chi connectivity index (χ4v) is 4.30. The predicted molar refractivity (Wildman–Crippen MR) is 166 cm³/mol. The van der Waals surface area contributed by atoms with E-state index in [9.17, 15) is 31.1 Å². The summed E-state index contributed by atoms with van der Waals surface area (Å²) in [5.74, 6) is -4.37. The van der Waals surface area contributed by atoms with Crippen molar-refractivity contribution in [3.63, 3.8) is 0 Å². The highest BCUT2D eigenvalue weighted by Crippen LogP contribution is 2.29. The number of amides is 1. The van der Waals surface area contributed by atoms with Crippen LogP contribution in [-0.2, 0) is 14.3 Å². The Morgan fingerprint density at radius 1 is 0.863 bits per heavy atom. The number of carbonyl (C=O) groups excluding carboxylic acids is 1. The third-order valence-corrected chi connectivity index (χ3v) is 6.68. The highest BCUT2D eigenvalue weighted by molar-refractivity contribution is 5.98. The number of morpholine rings is 1. The summed E-state index contributed by atoms with van der Waals surface area (Å²) >= 11 is 0. The molecule has 0 aliphatic carbocycles. The second-order valence-corrected chi connectivity index (χ2v) is 10.3. The molecule has 0 radical (unpaired) electrons. The second kappa shape index (κ2) is 16.0. The van der Waals surface area contributed by atoms with Gasteiger partial charge >= 0.3 is 24.3 Å². The molecule has 0 atom stereocenters. The van der Waals surface area contributed by atoms with Crippen LogP contribution in [0.15, 0.2) is 73.4 Å². The number of rotatable bonds is 5. The van der Waals surface area contributed by atoms with Gasteiger partial charge in [-0.1, -0.05) is 18.2 Å². The van der Waals surface area contributed by atoms with Crippen molar-refractivity contribution >= 4 is 40.4 Å². The molecule has 3 N–H and O–H groups in total. The van der Waals surface area contributed by atoms with Gasteiger partial charge in [-0.15, -0.1) is 0 Å². The van der Waals surface area contributed by atoms with Gasteiger partial charge in [0.1, 0.15) is 12.2 Å². The summed E-state index contributed by atoms with van der Waals surface area (Å²) in [5, 5.41) is 22.8. The van der Waals surface area contributed by atoms with Gasteiger partial charge in [-0.05, 0) is 37.3 Å². The molecule has 4 heterocycles. The third-order valence-electron chi connectivity index (χ3n) is 6.68. The van der Waals surface area contributed by atoms with Crippen molar-refractivity contribution in [1.29, 1.82) is 0 Å². The maximum absolute atomic E-state index is 13.0. The number of alkyl halides is 6. The first-order valence-corrected chi connectivity index (χ1v) is 14.5. The number of aromatic nitrogens is 6. The average Bonchev–Trinajstić information content (AvgIpc) is 3.54. The molecule has 268 valence electrons. The van der Waals surface area contributed by atoms with Crippen molar-refractivity contribution in [2.45, 2.75) is 19.3 Å². The first-order valence-electron chi connectivity index (χ1n) is 14.5. The number of anilines is 2. The zero-order valence-corrected chi connectivity index (χ0v) is 26.2. The molecule has 0 saturated carbocycles. The molecule has 2 aromatic carbocycles. The molecule has 51 heavy (non-hydrogen) atoms. The number of para-hydroxylation sites is 1. The monoisotopic (exact) mass is 720 g/mol. The molecule has 1 aliphatic rings. The van der Waals surface area contributed by atoms with Crippen LogP contribution >= 0.6 is 0 Å². The van der Waals surface area contributed by atoms with Crippen LogP contribution in [0.2, 0.25) is 0 Å². The Labute approximate surface area is 283 Å². The number of pyridine rings is 1. The lowest BCUT2D eigenvalue weighted by atomic mass is 10.0. The minimum atomic E-state index is -5.08. The molecule has 6 rings (SSSR count). The van der Waals surface area contributed by atoms with Crippen molar-refractivity contribution in [3.05, 3.63) is 84.8 Å². The van der Waals surface area contributed by atoms with Crippen LogP contribution in [0.4, 0.5) is 38.0 Å². The fourth-order valence-electron chi connectivity index (χ4n) is 4.30. The molecule has 1 aliphatic heterocycles. The molecule has 3 aromatic heterocycles. The van der Waals surface area contributed by atoms with Gasteiger partial charge in [-0.2, -0.15) is 31.4 Å². The standard InChI is InChI=1S/C27H24N8O2.2C2HF3O2/c1-18-30-17-35(33-18)23-7-5-22(6-8-23)31-27-29-16-19-3-2-4-24(25(19)32-27)20-13-21(15-28-14-20)26(36)34-9-11-37-12-10-34;2*3-2(4,5)1(6)7/h2-8,13-17H,9-12H2,1H3,(H,29,31,32);2*(H,6,7). The van der Waals surface area contributed by atoms with Gasteiger partial charge < -0.3 is 25.2 Å². The van der Waals surface area contributed by atoms with Crippen molar-refractivity contribution in [2.75, 3.05) is 31.6 Å². The number of benzene rings is 2. The van der Waals surface area contributed by atoms with E-state index in [1.54, 1.807) is 34.5 Å². The van der Waals surface area contributed by atoms with E-state index >= 15 is 0 Å². The zero-order valence-electron chi connectivity index (χ0n) is 26.2. The van der Waals surface area contributed by atoms with Gasteiger partial charge in [-0.25, -0.2) is 29.2 Å². The first kappa shape index (κ1) is 37.6. The van der Waals surface area contributed by atoms with Gasteiger partial charge in [0.05, 0.1) is 30.0 Å². The van der Waals surface area contributed by atoms with E-state index in [0.717, 1.165) is 33.4 Å². The lowest BCUT2D eigenvalue weighted by Gasteiger charge is -2.26. The van der Waals surface area contributed by atoms with Crippen LogP contribution in [-0.4, -0.2) is 101 Å². The maximum Gasteiger partial charge on any atom is 0.490 e. The molecule has 1 amide bonds. The smallest absolute Gasteiger partial charge is 0.475 e. The minimum absolute atomic E-state index is 0.0423. The molecule has 0 unspecified atom stereocenters. The zero-order chi connectivity index (χ0) is 37.3. The van der Waals surface area contributed by atoms with Gasteiger partial charge in [-0.3, -0.25) is 9.78 Å². The Morgan fingerprint density at radius 3 is 2.06 bits per heavy atom. The SMILES string of the molecule is Cc1ncn(-c2ccc(Nc3ncc4cccc(-c5cncc(C(=O)N6CCOCC6)c5)c4n3)cc2)n1.O=C(O)C(F)(F)F.O=C(O)C(F)(F)F. The van der Waals surface area contributed by atoms with Crippen LogP contribution in [0.1, 0.15) is 16.2 Å². The Balaban J connectivity index is 0.000000353. The summed E-state index contributed by atoms with van der Waals surface area (Å²) in [6.45, 7) is 4.12. The number of nitrogens with zero attached hydrogens (tertiary/aromatic N) is 7. The van der Waals surface area contributed by atoms with Gasteiger partial charge in [0.2, 0.25) is 5.95 Å². The molecule has 1 saturated heterocycles. The summed E-state index contributed by atoms with van der Waals surface area (Å²) in [5.41, 5.74) is 4.77. The minimum Gasteiger partial charge on any atom is -0.475 e. The summed E-state index contributed by atoms with van der Waals surface area (Å²) in [6.07, 6.45) is -3.33. The Morgan fingerprint density at radius 2 is 1.49 bits per heavy atom. The van der Waals surface area contributed by atoms with Gasteiger partial charge in [0.25, 0.3) is 5.91 Å². The first-order chi connectivity index (χ1) is 24.0. The lowest BCUT2D eigenvalue weighted by molar-refractivity contribution is -0.193. The van der Waals surface area contributed by atoms with E-state index in [1.165, 1.54) is 0 Å². The van der Waals surface area contributed by atoms with Gasteiger partial charge in [0.15, 0.2) is 0 Å². The number of carbonyl (C=O) groups is 3. The molecule has 0 spiro atoms. The number of hydrogen-bond donors (Lipinski definition) is 3. The van der Waals surface area contributed by atoms with E-state index in [1.807, 2.05) is 55.5 Å². The van der Waals surface area contributed by atoms with Crippen LogP contribution in [0.25, 0.3) is 27.7 Å². The van der Waals surface area contributed by atoms with E-state index in [-0.39, 0.29) is 5.91 Å². The number of carboxylic acid groups (broad SMARTS) is 2. The number of halogens is 6. The van der Waals surface area contributed by atoms with Crippen molar-refractivity contribution < 1.29 is 55.7 Å². The van der Waals surface area contributed by atoms with Crippen LogP contribution in [0.5, 0.6) is 0 Å². The summed E-state index contributed by atoms with van der Waals surface area (Å²) in [7, 11) is 0. The Kier molecular flexibility index (Phi) is 11.8. The molecule has 0 bridgehead atoms. The molecular weight excluding hydrogens is 694 g/mol. The van der Waals surface area contributed by atoms with E-state index < -0.39 is 24.3 Å². The van der Waals surface area contributed by atoms with Crippen LogP contribution < -0.4 is 5.32 Å². The number of ether oxygens (including phenoxy) is 1. The molecule has 14 nitrogen and oxygen atoms in total. The number of carboxylic acids is 2. The molecule has 5 aromatic rings. The maximum atomic E-state index is 13.0. The summed E-state index contributed by atoms with van der Waals surface area (Å²) < 4.78 is 70.6. The van der Waals surface area contributed by atoms with Crippen molar-refractivity contribution in [2.24, 2.45) is 0 Å². The number of nitrogens with one attached hydrogen (secondary N) is 1. The number of aliphatic carboxylic acids is 2. The molecular formula is C31H26F6N8O6. The second-order valence-electron chi connectivity index (χ2n) is 10.3. The van der Waals surface area contributed by atoms with E-state index in [4.69, 9.17) is 29.5 Å². The topological polar surface area (TPSA) is 186 Å². The van der Waals surface area contributed by atoms with E-state index in [2.05, 4.69) is 25.4 Å². The highest BCUT2D eigenvalue weighted by atomic mass is 19.4. The van der Waals surface area contributed by atoms with Crippen LogP contribution in [0.3, 0.4) is 0 Å². The summed E-state index contributed by atoms with van der Waals surface area (Å²) in [4.78, 5) is 50.4. The predicted octanol–water partition coefficient (Wildman–Crippen LogP) is 5.06. The number of fused-ring (bicyclic) bond motifs is 1. The Hall–Kier alpha value is -6.18. The highest BCUT2D eigenvalue weighted by Gasteiger charge is 2.38. The largest absolute Gasteiger partial charge is 0.490 e. The van der Waals surface area contributed by atoms with E-state index in [0.29, 0.717) is 43.6 Å². The number of aryl methyl sites for hydroxylation is 1. The fraction of sp³-hybridized carbons (Fsp3) is 0.226. The van der Waals surface area contributed by atoms with Gasteiger partial charge in [0, 0.05) is 53.9 Å². The Bertz CT molecular complexity index is 1970. The lowest BCUT2D eigenvalue weighted by Crippen LogP contribution is -2.40. The average molecular weight is 721 g/mol. The van der Waals surface area contributed by atoms with Crippen molar-refractivity contribution in [1.82, 2.24) is 34.6 Å². The quantitative estimate of drug-likeness (QED) is 0.205.